The van der Waals surface area contributed by atoms with Crippen LogP contribution >= 0.6 is 11.8 Å². The van der Waals surface area contributed by atoms with Crippen molar-refractivity contribution in [2.24, 2.45) is 0 Å². The number of alkyl halides is 3. The average molecular weight is 300 g/mol. The van der Waals surface area contributed by atoms with Crippen LogP contribution in [0.5, 0.6) is 0 Å². The summed E-state index contributed by atoms with van der Waals surface area (Å²) in [5.74, 6) is 0.145. The van der Waals surface area contributed by atoms with Crippen molar-refractivity contribution in [3.05, 3.63) is 29.3 Å². The van der Waals surface area contributed by atoms with Crippen molar-refractivity contribution in [1.82, 2.24) is 4.90 Å². The summed E-state index contributed by atoms with van der Waals surface area (Å²) in [6.45, 7) is 1.78. The lowest BCUT2D eigenvalue weighted by Gasteiger charge is -2.29. The Bertz CT molecular complexity index is 514. The number of thioether (sulfide) groups is 1. The highest BCUT2D eigenvalue weighted by Crippen LogP contribution is 2.37. The van der Waals surface area contributed by atoms with E-state index in [0.717, 1.165) is 43.8 Å². The van der Waals surface area contributed by atoms with Gasteiger partial charge in [0.05, 0.1) is 5.56 Å². The predicted octanol–water partition coefficient (Wildman–Crippen LogP) is 4.09. The Balaban J connectivity index is 2.32. The zero-order valence-electron chi connectivity index (χ0n) is 11.1. The minimum atomic E-state index is -4.37. The first-order valence-electron chi connectivity index (χ1n) is 6.37. The lowest BCUT2D eigenvalue weighted by atomic mass is 9.88. The van der Waals surface area contributed by atoms with Gasteiger partial charge in [0, 0.05) is 4.90 Å². The highest BCUT2D eigenvalue weighted by molar-refractivity contribution is 8.03. The highest BCUT2D eigenvalue weighted by Gasteiger charge is 2.32. The van der Waals surface area contributed by atoms with Crippen molar-refractivity contribution < 1.29 is 13.2 Å². The van der Waals surface area contributed by atoms with E-state index in [1.165, 1.54) is 6.07 Å². The molecule has 0 saturated carbocycles. The fourth-order valence-electron chi connectivity index (χ4n) is 2.48. The van der Waals surface area contributed by atoms with Gasteiger partial charge < -0.3 is 4.90 Å². The Kier molecular flexibility index (Phi) is 4.61. The molecule has 2 rings (SSSR count). The Morgan fingerprint density at radius 1 is 1.25 bits per heavy atom. The maximum absolute atomic E-state index is 12.9. The van der Waals surface area contributed by atoms with Gasteiger partial charge in [-0.25, -0.2) is 0 Å². The van der Waals surface area contributed by atoms with E-state index in [1.807, 2.05) is 12.4 Å². The van der Waals surface area contributed by atoms with Gasteiger partial charge in [-0.2, -0.15) is 18.4 Å². The zero-order chi connectivity index (χ0) is 14.8. The molecule has 0 N–H and O–H groups in total. The van der Waals surface area contributed by atoms with E-state index in [-0.39, 0.29) is 5.92 Å². The molecule has 1 aromatic rings. The summed E-state index contributed by atoms with van der Waals surface area (Å²) in [4.78, 5) is 2.55. The van der Waals surface area contributed by atoms with Crippen LogP contribution < -0.4 is 0 Å². The fraction of sp³-hybridized carbons (Fsp3) is 0.500. The molecule has 2 nitrogen and oxygen atoms in total. The van der Waals surface area contributed by atoms with Gasteiger partial charge in [0.25, 0.3) is 0 Å². The molecule has 0 spiro atoms. The fourth-order valence-corrected chi connectivity index (χ4v) is 2.96. The monoisotopic (exact) mass is 300 g/mol. The van der Waals surface area contributed by atoms with Crippen molar-refractivity contribution >= 4 is 11.8 Å². The lowest BCUT2D eigenvalue weighted by Crippen LogP contribution is -2.29. The third-order valence-electron chi connectivity index (χ3n) is 3.61. The van der Waals surface area contributed by atoms with Crippen LogP contribution in [0.25, 0.3) is 0 Å². The lowest BCUT2D eigenvalue weighted by molar-refractivity contribution is -0.137. The molecule has 0 radical (unpaired) electrons. The molecular formula is C14H15F3N2S. The molecule has 1 aliphatic heterocycles. The largest absolute Gasteiger partial charge is 0.416 e. The summed E-state index contributed by atoms with van der Waals surface area (Å²) in [7, 11) is 2.01. The number of likely N-dealkylation sites (tertiary alicyclic amines) is 1. The minimum absolute atomic E-state index is 0.145. The number of piperidine rings is 1. The van der Waals surface area contributed by atoms with Gasteiger partial charge in [-0.15, -0.1) is 0 Å². The average Bonchev–Trinajstić information content (AvgIpc) is 2.38. The van der Waals surface area contributed by atoms with Crippen LogP contribution in [0.2, 0.25) is 0 Å². The van der Waals surface area contributed by atoms with Gasteiger partial charge >= 0.3 is 6.18 Å². The van der Waals surface area contributed by atoms with Gasteiger partial charge in [-0.3, -0.25) is 0 Å². The maximum Gasteiger partial charge on any atom is 0.416 e. The number of rotatable bonds is 2. The maximum atomic E-state index is 12.9. The predicted molar refractivity (Wildman–Crippen MR) is 72.4 cm³/mol. The topological polar surface area (TPSA) is 27.0 Å². The summed E-state index contributed by atoms with van der Waals surface area (Å²) < 4.78 is 38.8. The molecule has 1 saturated heterocycles. The number of nitriles is 1. The number of hydrogen-bond acceptors (Lipinski definition) is 3. The molecule has 20 heavy (non-hydrogen) atoms. The molecule has 1 fully saturated rings. The van der Waals surface area contributed by atoms with Crippen molar-refractivity contribution in [1.29, 1.82) is 5.26 Å². The number of thiocyanates is 1. The summed E-state index contributed by atoms with van der Waals surface area (Å²) in [5.41, 5.74) is 0.0392. The van der Waals surface area contributed by atoms with E-state index in [2.05, 4.69) is 4.90 Å². The van der Waals surface area contributed by atoms with Gasteiger partial charge in [0.2, 0.25) is 0 Å². The second kappa shape index (κ2) is 6.06. The minimum Gasteiger partial charge on any atom is -0.306 e. The van der Waals surface area contributed by atoms with Gasteiger partial charge in [-0.05, 0) is 74.4 Å². The van der Waals surface area contributed by atoms with Crippen LogP contribution in [0.1, 0.15) is 29.9 Å². The molecular weight excluding hydrogens is 285 g/mol. The summed E-state index contributed by atoms with van der Waals surface area (Å²) in [6.07, 6.45) is -2.66. The van der Waals surface area contributed by atoms with Crippen LogP contribution in [0, 0.1) is 10.7 Å². The summed E-state index contributed by atoms with van der Waals surface area (Å²) in [5, 5.41) is 10.5. The number of hydrogen-bond donors (Lipinski definition) is 0. The number of halogens is 3. The number of nitrogens with zero attached hydrogens (tertiary/aromatic N) is 2. The van der Waals surface area contributed by atoms with E-state index in [4.69, 9.17) is 5.26 Å². The Labute approximate surface area is 120 Å². The Morgan fingerprint density at radius 3 is 2.45 bits per heavy atom. The molecule has 0 unspecified atom stereocenters. The van der Waals surface area contributed by atoms with Crippen molar-refractivity contribution in [3.63, 3.8) is 0 Å². The Morgan fingerprint density at radius 2 is 1.90 bits per heavy atom. The van der Waals surface area contributed by atoms with Crippen molar-refractivity contribution in [3.8, 4) is 5.40 Å². The first kappa shape index (κ1) is 15.2. The first-order valence-corrected chi connectivity index (χ1v) is 7.18. The van der Waals surface area contributed by atoms with Gasteiger partial charge in [-0.1, -0.05) is 0 Å². The second-order valence-corrected chi connectivity index (χ2v) is 5.92. The van der Waals surface area contributed by atoms with Gasteiger partial charge in [0.15, 0.2) is 0 Å². The molecule has 108 valence electrons. The van der Waals surface area contributed by atoms with Crippen LogP contribution in [-0.4, -0.2) is 25.0 Å². The quantitative estimate of drug-likeness (QED) is 0.608. The third-order valence-corrected chi connectivity index (χ3v) is 4.17. The molecule has 1 aliphatic rings. The van der Waals surface area contributed by atoms with E-state index in [1.54, 1.807) is 6.07 Å². The SMILES string of the molecule is CN1CCC(c2cc(SC#N)cc(C(F)(F)F)c2)CC1. The first-order chi connectivity index (χ1) is 9.40. The highest BCUT2D eigenvalue weighted by atomic mass is 32.2. The van der Waals surface area contributed by atoms with Gasteiger partial charge in [0.1, 0.15) is 5.40 Å². The normalized spacial score (nSPS) is 17.9. The van der Waals surface area contributed by atoms with Crippen LogP contribution in [-0.2, 0) is 6.18 Å². The van der Waals surface area contributed by atoms with E-state index in [9.17, 15) is 13.2 Å². The third kappa shape index (κ3) is 3.68. The second-order valence-electron chi connectivity index (χ2n) is 5.06. The van der Waals surface area contributed by atoms with Crippen LogP contribution in [0.4, 0.5) is 13.2 Å². The summed E-state index contributed by atoms with van der Waals surface area (Å²) in [6, 6.07) is 4.00. The van der Waals surface area contributed by atoms with E-state index < -0.39 is 11.7 Å². The molecule has 0 aliphatic carbocycles. The van der Waals surface area contributed by atoms with E-state index >= 15 is 0 Å². The standard InChI is InChI=1S/C14H15F3N2S/c1-19-4-2-10(3-5-19)11-6-12(14(15,16)17)8-13(7-11)20-9-18/h6-8,10H,2-5H2,1H3. The molecule has 0 bridgehead atoms. The van der Waals surface area contributed by atoms with Crippen LogP contribution in [0.3, 0.4) is 0 Å². The molecule has 1 aromatic carbocycles. The van der Waals surface area contributed by atoms with Crippen molar-refractivity contribution in [2.75, 3.05) is 20.1 Å². The van der Waals surface area contributed by atoms with E-state index in [0.29, 0.717) is 10.5 Å². The van der Waals surface area contributed by atoms with Crippen molar-refractivity contribution in [2.45, 2.75) is 29.8 Å². The summed E-state index contributed by atoms with van der Waals surface area (Å²) >= 11 is 0.779. The molecule has 0 amide bonds. The molecule has 0 atom stereocenters. The smallest absolute Gasteiger partial charge is 0.306 e. The molecule has 1 heterocycles. The Hall–Kier alpha value is -1.19. The zero-order valence-corrected chi connectivity index (χ0v) is 11.9. The molecule has 6 heteroatoms. The molecule has 0 aromatic heterocycles. The number of benzene rings is 1. The van der Waals surface area contributed by atoms with Crippen LogP contribution in [0.15, 0.2) is 23.1 Å².